The number of carbonyl (C=O) groups excluding carboxylic acids is 2. The van der Waals surface area contributed by atoms with Gasteiger partial charge in [0.05, 0.1) is 46.8 Å². The first kappa shape index (κ1) is 24.4. The van der Waals surface area contributed by atoms with Gasteiger partial charge in [-0.15, -0.1) is 16.4 Å². The van der Waals surface area contributed by atoms with Crippen LogP contribution in [0.15, 0.2) is 66.7 Å². The minimum Gasteiger partial charge on any atom is -0.457 e. The number of nitrogens with one attached hydrogen (secondary N) is 1. The molecule has 0 atom stereocenters. The van der Waals surface area contributed by atoms with Crippen molar-refractivity contribution in [1.82, 2.24) is 32.7 Å². The SMILES string of the molecule is O=C(Nc1csc(-c2cnnn2I)n1)c1cc(-n2cnc(C3CC3)c2)c(C(=O)OCc2ccccc2)cn1. The summed E-state index contributed by atoms with van der Waals surface area (Å²) in [4.78, 5) is 39.4. The molecule has 1 fully saturated rings. The fourth-order valence-electron chi connectivity index (χ4n) is 3.79. The molecule has 1 N–H and O–H groups in total. The van der Waals surface area contributed by atoms with E-state index in [0.29, 0.717) is 22.4 Å². The van der Waals surface area contributed by atoms with E-state index in [9.17, 15) is 9.59 Å². The van der Waals surface area contributed by atoms with Crippen LogP contribution in [0.4, 0.5) is 5.82 Å². The molecule has 1 amide bonds. The molecule has 1 saturated carbocycles. The van der Waals surface area contributed by atoms with E-state index in [2.05, 4.69) is 30.6 Å². The van der Waals surface area contributed by atoms with Gasteiger partial charge in [-0.05, 0) is 24.5 Å². The molecule has 5 aromatic rings. The van der Waals surface area contributed by atoms with E-state index in [1.165, 1.54) is 17.5 Å². The Labute approximate surface area is 234 Å². The second-order valence-corrected chi connectivity index (χ2v) is 10.4. The molecule has 38 heavy (non-hydrogen) atoms. The van der Waals surface area contributed by atoms with Gasteiger partial charge in [-0.3, -0.25) is 9.78 Å². The van der Waals surface area contributed by atoms with Crippen LogP contribution in [0, 0.1) is 0 Å². The van der Waals surface area contributed by atoms with Crippen molar-refractivity contribution in [3.8, 4) is 16.4 Å². The summed E-state index contributed by atoms with van der Waals surface area (Å²) in [6.07, 6.45) is 8.68. The number of nitrogens with zero attached hydrogens (tertiary/aromatic N) is 7. The quantitative estimate of drug-likeness (QED) is 0.192. The molecule has 0 unspecified atom stereocenters. The van der Waals surface area contributed by atoms with Crippen molar-refractivity contribution in [3.63, 3.8) is 0 Å². The van der Waals surface area contributed by atoms with Gasteiger partial charge in [0.25, 0.3) is 5.91 Å². The monoisotopic (exact) mass is 638 g/mol. The topological polar surface area (TPSA) is 130 Å². The normalized spacial score (nSPS) is 12.9. The lowest BCUT2D eigenvalue weighted by atomic mass is 10.2. The number of thiazole rings is 1. The maximum Gasteiger partial charge on any atom is 0.342 e. The number of hydrogen-bond acceptors (Lipinski definition) is 9. The fraction of sp³-hybridized carbons (Fsp3) is 0.160. The Morgan fingerprint density at radius 2 is 2.00 bits per heavy atom. The Bertz CT molecular complexity index is 1630. The first-order valence-electron chi connectivity index (χ1n) is 11.6. The number of benzene rings is 1. The van der Waals surface area contributed by atoms with Crippen LogP contribution in [-0.2, 0) is 11.3 Å². The molecule has 1 aromatic carbocycles. The summed E-state index contributed by atoms with van der Waals surface area (Å²) in [5.74, 6) is -0.197. The number of halogens is 1. The minimum absolute atomic E-state index is 0.121. The molecule has 0 saturated heterocycles. The van der Waals surface area contributed by atoms with Gasteiger partial charge >= 0.3 is 5.97 Å². The van der Waals surface area contributed by atoms with Gasteiger partial charge in [0.2, 0.25) is 0 Å². The van der Waals surface area contributed by atoms with E-state index < -0.39 is 11.9 Å². The van der Waals surface area contributed by atoms with Gasteiger partial charge < -0.3 is 14.6 Å². The molecule has 4 heterocycles. The molecule has 0 aliphatic heterocycles. The number of imidazole rings is 1. The lowest BCUT2D eigenvalue weighted by Crippen LogP contribution is -2.17. The van der Waals surface area contributed by atoms with Crippen molar-refractivity contribution < 1.29 is 14.3 Å². The first-order chi connectivity index (χ1) is 18.5. The number of ether oxygens (including phenoxy) is 1. The van der Waals surface area contributed by atoms with Crippen LogP contribution < -0.4 is 5.32 Å². The Kier molecular flexibility index (Phi) is 6.68. The third-order valence-electron chi connectivity index (χ3n) is 5.90. The molecule has 6 rings (SSSR count). The van der Waals surface area contributed by atoms with Crippen molar-refractivity contribution in [2.24, 2.45) is 0 Å². The zero-order valence-electron chi connectivity index (χ0n) is 19.7. The van der Waals surface area contributed by atoms with Crippen LogP contribution in [0.1, 0.15) is 50.9 Å². The number of anilines is 1. The number of pyridine rings is 1. The van der Waals surface area contributed by atoms with Crippen molar-refractivity contribution in [3.05, 3.63) is 89.2 Å². The summed E-state index contributed by atoms with van der Waals surface area (Å²) in [5.41, 5.74) is 3.36. The summed E-state index contributed by atoms with van der Waals surface area (Å²) in [7, 11) is 0. The van der Waals surface area contributed by atoms with Crippen molar-refractivity contribution in [2.75, 3.05) is 5.32 Å². The third-order valence-corrected chi connectivity index (χ3v) is 7.48. The number of hydrogen-bond donors (Lipinski definition) is 1. The molecule has 0 bridgehead atoms. The highest BCUT2D eigenvalue weighted by atomic mass is 127. The number of aromatic nitrogens is 7. The van der Waals surface area contributed by atoms with Crippen LogP contribution >= 0.6 is 34.2 Å². The van der Waals surface area contributed by atoms with Gasteiger partial charge in [0.15, 0.2) is 0 Å². The smallest absolute Gasteiger partial charge is 0.342 e. The van der Waals surface area contributed by atoms with E-state index >= 15 is 0 Å². The Hall–Kier alpha value is -3.98. The van der Waals surface area contributed by atoms with E-state index in [1.807, 2.05) is 59.4 Å². The molecule has 13 heteroatoms. The zero-order chi connectivity index (χ0) is 26.1. The average Bonchev–Trinajstić information content (AvgIpc) is 3.28. The molecule has 0 spiro atoms. The van der Waals surface area contributed by atoms with Gasteiger partial charge in [0, 0.05) is 23.7 Å². The predicted octanol–water partition coefficient (Wildman–Crippen LogP) is 4.67. The van der Waals surface area contributed by atoms with E-state index in [-0.39, 0.29) is 17.9 Å². The number of amides is 1. The van der Waals surface area contributed by atoms with Crippen LogP contribution in [0.3, 0.4) is 0 Å². The van der Waals surface area contributed by atoms with Crippen molar-refractivity contribution in [1.29, 1.82) is 0 Å². The second-order valence-electron chi connectivity index (χ2n) is 8.60. The van der Waals surface area contributed by atoms with E-state index in [0.717, 1.165) is 29.8 Å². The van der Waals surface area contributed by atoms with Gasteiger partial charge in [-0.1, -0.05) is 35.5 Å². The van der Waals surface area contributed by atoms with Gasteiger partial charge in [-0.25, -0.2) is 14.8 Å². The van der Waals surface area contributed by atoms with Crippen LogP contribution in [0.25, 0.3) is 16.4 Å². The van der Waals surface area contributed by atoms with Gasteiger partial charge in [0.1, 0.15) is 34.4 Å². The summed E-state index contributed by atoms with van der Waals surface area (Å²) in [6.45, 7) is 0.121. The van der Waals surface area contributed by atoms with E-state index in [4.69, 9.17) is 4.74 Å². The standard InChI is InChI=1S/C25H19IN8O3S/c26-34-21(10-29-32-34)24-31-22(13-38-24)30-23(35)18-8-20(33-11-19(28-14-33)16-6-7-16)17(9-27-18)25(36)37-12-15-4-2-1-3-5-15/h1-5,8-11,13-14,16H,6-7,12H2,(H,30,35). The first-order valence-corrected chi connectivity index (χ1v) is 13.5. The van der Waals surface area contributed by atoms with E-state index in [1.54, 1.807) is 31.4 Å². The Morgan fingerprint density at radius 3 is 2.76 bits per heavy atom. The Morgan fingerprint density at radius 1 is 1.16 bits per heavy atom. The molecule has 190 valence electrons. The average molecular weight is 638 g/mol. The molecule has 0 radical (unpaired) electrons. The maximum atomic E-state index is 13.1. The molecule has 1 aliphatic rings. The highest BCUT2D eigenvalue weighted by Crippen LogP contribution is 2.39. The highest BCUT2D eigenvalue weighted by molar-refractivity contribution is 14.1. The molecule has 11 nitrogen and oxygen atoms in total. The number of rotatable bonds is 8. The number of esters is 1. The van der Waals surface area contributed by atoms with Crippen molar-refractivity contribution >= 4 is 51.9 Å². The second kappa shape index (κ2) is 10.4. The zero-order valence-corrected chi connectivity index (χ0v) is 22.7. The lowest BCUT2D eigenvalue weighted by molar-refractivity contribution is 0.0472. The fourth-order valence-corrected chi connectivity index (χ4v) is 5.16. The summed E-state index contributed by atoms with van der Waals surface area (Å²) >= 11 is 3.36. The summed E-state index contributed by atoms with van der Waals surface area (Å²) < 4.78 is 8.86. The molecule has 4 aromatic heterocycles. The largest absolute Gasteiger partial charge is 0.457 e. The minimum atomic E-state index is -0.543. The van der Waals surface area contributed by atoms with Crippen LogP contribution in [0.5, 0.6) is 0 Å². The lowest BCUT2D eigenvalue weighted by Gasteiger charge is -2.12. The van der Waals surface area contributed by atoms with Crippen LogP contribution in [-0.4, -0.2) is 44.6 Å². The summed E-state index contributed by atoms with van der Waals surface area (Å²) in [5, 5.41) is 12.9. The van der Waals surface area contributed by atoms with Gasteiger partial charge in [-0.2, -0.15) is 2.90 Å². The number of carbonyl (C=O) groups is 2. The third kappa shape index (κ3) is 5.19. The molecular weight excluding hydrogens is 619 g/mol. The molecular formula is C25H19IN8O3S. The predicted molar refractivity (Wildman–Crippen MR) is 147 cm³/mol. The van der Waals surface area contributed by atoms with Crippen molar-refractivity contribution in [2.45, 2.75) is 25.4 Å². The summed E-state index contributed by atoms with van der Waals surface area (Å²) in [6, 6.07) is 11.0. The Balaban J connectivity index is 1.26. The molecule has 1 aliphatic carbocycles. The highest BCUT2D eigenvalue weighted by Gasteiger charge is 2.27. The maximum absolute atomic E-state index is 13.1. The van der Waals surface area contributed by atoms with Crippen LogP contribution in [0.2, 0.25) is 0 Å².